The fraction of sp³-hybridized carbons (Fsp3) is 0.455. The fourth-order valence-electron chi connectivity index (χ4n) is 1.80. The van der Waals surface area contributed by atoms with Gasteiger partial charge in [0, 0.05) is 25.1 Å². The van der Waals surface area contributed by atoms with Crippen LogP contribution in [0.5, 0.6) is 5.75 Å². The van der Waals surface area contributed by atoms with Crippen LogP contribution in [0.25, 0.3) is 0 Å². The molecule has 2 atom stereocenters. The van der Waals surface area contributed by atoms with Gasteiger partial charge in [-0.1, -0.05) is 12.1 Å². The van der Waals surface area contributed by atoms with E-state index in [1.54, 1.807) is 7.11 Å². The van der Waals surface area contributed by atoms with E-state index in [0.717, 1.165) is 12.3 Å². The van der Waals surface area contributed by atoms with E-state index in [4.69, 9.17) is 9.84 Å². The molecule has 1 aliphatic rings. The summed E-state index contributed by atoms with van der Waals surface area (Å²) in [5, 5.41) is 12.4. The van der Waals surface area contributed by atoms with Crippen molar-refractivity contribution in [1.82, 2.24) is 5.32 Å². The van der Waals surface area contributed by atoms with Gasteiger partial charge in [0.05, 0.1) is 7.11 Å². The van der Waals surface area contributed by atoms with Gasteiger partial charge in [-0.3, -0.25) is 0 Å². The fourth-order valence-corrected chi connectivity index (χ4v) is 1.80. The van der Waals surface area contributed by atoms with Crippen LogP contribution in [0.2, 0.25) is 0 Å². The standard InChI is InChI=1S/C11H15NO2/c1-14-10-4-2-3-8(5-10)11-9(7-13)6-12-11/h2-5,9,11-13H,6-7H2,1H3. The molecule has 2 unspecified atom stereocenters. The van der Waals surface area contributed by atoms with Crippen LogP contribution in [0.3, 0.4) is 0 Å². The molecule has 0 bridgehead atoms. The zero-order valence-corrected chi connectivity index (χ0v) is 8.23. The first kappa shape index (κ1) is 9.49. The molecule has 3 nitrogen and oxygen atoms in total. The smallest absolute Gasteiger partial charge is 0.119 e. The molecule has 0 aliphatic carbocycles. The van der Waals surface area contributed by atoms with Crippen molar-refractivity contribution in [2.45, 2.75) is 6.04 Å². The van der Waals surface area contributed by atoms with E-state index in [-0.39, 0.29) is 12.6 Å². The Labute approximate surface area is 83.7 Å². The summed E-state index contributed by atoms with van der Waals surface area (Å²) in [4.78, 5) is 0. The molecule has 1 saturated heterocycles. The van der Waals surface area contributed by atoms with E-state index in [1.165, 1.54) is 5.56 Å². The van der Waals surface area contributed by atoms with Crippen molar-refractivity contribution in [3.8, 4) is 5.75 Å². The lowest BCUT2D eigenvalue weighted by molar-refractivity contribution is 0.128. The number of ether oxygens (including phenoxy) is 1. The Morgan fingerprint density at radius 1 is 1.57 bits per heavy atom. The van der Waals surface area contributed by atoms with E-state index in [9.17, 15) is 0 Å². The van der Waals surface area contributed by atoms with Crippen molar-refractivity contribution in [2.75, 3.05) is 20.3 Å². The number of nitrogens with one attached hydrogen (secondary N) is 1. The van der Waals surface area contributed by atoms with Crippen LogP contribution in [0.1, 0.15) is 11.6 Å². The number of aliphatic hydroxyl groups excluding tert-OH is 1. The Hall–Kier alpha value is -1.06. The van der Waals surface area contributed by atoms with E-state index < -0.39 is 0 Å². The molecule has 0 saturated carbocycles. The predicted molar refractivity (Wildman–Crippen MR) is 54.3 cm³/mol. The Morgan fingerprint density at radius 3 is 3.00 bits per heavy atom. The topological polar surface area (TPSA) is 41.5 Å². The van der Waals surface area contributed by atoms with Crippen molar-refractivity contribution in [3.63, 3.8) is 0 Å². The van der Waals surface area contributed by atoms with Gasteiger partial charge in [-0.15, -0.1) is 0 Å². The third kappa shape index (κ3) is 1.61. The maximum absolute atomic E-state index is 9.07. The Balaban J connectivity index is 2.15. The Bertz CT molecular complexity index is 312. The van der Waals surface area contributed by atoms with E-state index >= 15 is 0 Å². The molecule has 0 amide bonds. The molecule has 1 aliphatic heterocycles. The molecule has 76 valence electrons. The molecule has 2 N–H and O–H groups in total. The Kier molecular flexibility index (Phi) is 2.70. The van der Waals surface area contributed by atoms with Gasteiger partial charge in [-0.25, -0.2) is 0 Å². The van der Waals surface area contributed by atoms with Gasteiger partial charge in [-0.2, -0.15) is 0 Å². The second kappa shape index (κ2) is 3.98. The summed E-state index contributed by atoms with van der Waals surface area (Å²) < 4.78 is 5.15. The molecule has 1 aromatic carbocycles. The third-order valence-electron chi connectivity index (χ3n) is 2.76. The minimum atomic E-state index is 0.245. The number of methoxy groups -OCH3 is 1. The van der Waals surface area contributed by atoms with Gasteiger partial charge in [0.15, 0.2) is 0 Å². The van der Waals surface area contributed by atoms with Gasteiger partial charge in [0.2, 0.25) is 0 Å². The maximum Gasteiger partial charge on any atom is 0.119 e. The van der Waals surface area contributed by atoms with Crippen LogP contribution in [-0.4, -0.2) is 25.4 Å². The van der Waals surface area contributed by atoms with Gasteiger partial charge < -0.3 is 15.2 Å². The minimum Gasteiger partial charge on any atom is -0.497 e. The average molecular weight is 193 g/mol. The zero-order valence-electron chi connectivity index (χ0n) is 8.23. The highest BCUT2D eigenvalue weighted by molar-refractivity contribution is 5.32. The van der Waals surface area contributed by atoms with Crippen molar-refractivity contribution in [1.29, 1.82) is 0 Å². The van der Waals surface area contributed by atoms with Crippen LogP contribution in [0.15, 0.2) is 24.3 Å². The number of rotatable bonds is 3. The molecule has 1 fully saturated rings. The molecule has 0 aromatic heterocycles. The first-order chi connectivity index (χ1) is 6.85. The van der Waals surface area contributed by atoms with Crippen molar-refractivity contribution >= 4 is 0 Å². The molecular formula is C11H15NO2. The van der Waals surface area contributed by atoms with Crippen molar-refractivity contribution in [2.24, 2.45) is 5.92 Å². The van der Waals surface area contributed by atoms with Crippen LogP contribution >= 0.6 is 0 Å². The first-order valence-electron chi connectivity index (χ1n) is 4.83. The van der Waals surface area contributed by atoms with Gasteiger partial charge in [0.1, 0.15) is 5.75 Å². The molecule has 0 radical (unpaired) electrons. The van der Waals surface area contributed by atoms with Crippen LogP contribution in [0.4, 0.5) is 0 Å². The molecule has 0 spiro atoms. The Morgan fingerprint density at radius 2 is 2.43 bits per heavy atom. The SMILES string of the molecule is COc1cccc(C2NCC2CO)c1. The molecule has 14 heavy (non-hydrogen) atoms. The lowest BCUT2D eigenvalue weighted by Crippen LogP contribution is -2.47. The maximum atomic E-state index is 9.07. The highest BCUT2D eigenvalue weighted by Crippen LogP contribution is 2.30. The van der Waals surface area contributed by atoms with Crippen LogP contribution in [0, 0.1) is 5.92 Å². The molecule has 1 aromatic rings. The van der Waals surface area contributed by atoms with Gasteiger partial charge >= 0.3 is 0 Å². The molecule has 3 heteroatoms. The summed E-state index contributed by atoms with van der Waals surface area (Å²) in [6, 6.07) is 8.26. The number of hydrogen-bond donors (Lipinski definition) is 2. The quantitative estimate of drug-likeness (QED) is 0.751. The number of benzene rings is 1. The van der Waals surface area contributed by atoms with Crippen LogP contribution < -0.4 is 10.1 Å². The second-order valence-corrected chi connectivity index (χ2v) is 3.61. The number of aliphatic hydroxyl groups is 1. The van der Waals surface area contributed by atoms with Crippen molar-refractivity contribution in [3.05, 3.63) is 29.8 Å². The van der Waals surface area contributed by atoms with E-state index in [0.29, 0.717) is 5.92 Å². The normalized spacial score (nSPS) is 25.6. The van der Waals surface area contributed by atoms with Gasteiger partial charge in [0.25, 0.3) is 0 Å². The summed E-state index contributed by atoms with van der Waals surface area (Å²) in [7, 11) is 1.66. The number of hydrogen-bond acceptors (Lipinski definition) is 3. The monoisotopic (exact) mass is 193 g/mol. The highest BCUT2D eigenvalue weighted by Gasteiger charge is 2.30. The molecule has 1 heterocycles. The molecular weight excluding hydrogens is 178 g/mol. The summed E-state index contributed by atoms with van der Waals surface area (Å²) in [6.45, 7) is 1.15. The lowest BCUT2D eigenvalue weighted by Gasteiger charge is -2.37. The summed E-state index contributed by atoms with van der Waals surface area (Å²) in [6.07, 6.45) is 0. The van der Waals surface area contributed by atoms with Gasteiger partial charge in [-0.05, 0) is 17.7 Å². The molecule has 2 rings (SSSR count). The first-order valence-corrected chi connectivity index (χ1v) is 4.83. The largest absolute Gasteiger partial charge is 0.497 e. The van der Waals surface area contributed by atoms with Crippen LogP contribution in [-0.2, 0) is 0 Å². The van der Waals surface area contributed by atoms with E-state index in [2.05, 4.69) is 11.4 Å². The minimum absolute atomic E-state index is 0.245. The predicted octanol–water partition coefficient (Wildman–Crippen LogP) is 0.948. The van der Waals surface area contributed by atoms with Crippen molar-refractivity contribution < 1.29 is 9.84 Å². The summed E-state index contributed by atoms with van der Waals surface area (Å²) >= 11 is 0. The highest BCUT2D eigenvalue weighted by atomic mass is 16.5. The average Bonchev–Trinajstić information content (AvgIpc) is 2.17. The third-order valence-corrected chi connectivity index (χ3v) is 2.76. The summed E-state index contributed by atoms with van der Waals surface area (Å²) in [5.41, 5.74) is 1.19. The second-order valence-electron chi connectivity index (χ2n) is 3.61. The zero-order chi connectivity index (χ0) is 9.97. The summed E-state index contributed by atoms with van der Waals surface area (Å²) in [5.74, 6) is 1.22. The lowest BCUT2D eigenvalue weighted by atomic mass is 9.87. The van der Waals surface area contributed by atoms with E-state index in [1.807, 2.05) is 18.2 Å².